The third kappa shape index (κ3) is 4.91. The minimum absolute atomic E-state index is 0.136. The van der Waals surface area contributed by atoms with Gasteiger partial charge in [-0.05, 0) is 49.7 Å². The zero-order chi connectivity index (χ0) is 20.3. The molecule has 28 heavy (non-hydrogen) atoms. The molecule has 0 radical (unpaired) electrons. The first-order valence-electron chi connectivity index (χ1n) is 9.35. The Morgan fingerprint density at radius 3 is 2.57 bits per heavy atom. The number of hydrogen-bond donors (Lipinski definition) is 1. The number of benzene rings is 2. The molecule has 0 spiro atoms. The molecule has 1 fully saturated rings. The monoisotopic (exact) mass is 401 g/mol. The molecule has 148 valence electrons. The van der Waals surface area contributed by atoms with Crippen LogP contribution in [0.15, 0.2) is 54.7 Å². The van der Waals surface area contributed by atoms with E-state index in [0.29, 0.717) is 22.3 Å². The smallest absolute Gasteiger partial charge is 0.189 e. The Morgan fingerprint density at radius 2 is 1.89 bits per heavy atom. The first-order valence-corrected chi connectivity index (χ1v) is 9.73. The highest BCUT2D eigenvalue weighted by atomic mass is 35.5. The second-order valence-electron chi connectivity index (χ2n) is 7.36. The van der Waals surface area contributed by atoms with Gasteiger partial charge < -0.3 is 10.6 Å². The zero-order valence-electron chi connectivity index (χ0n) is 16.1. The van der Waals surface area contributed by atoms with Crippen molar-refractivity contribution in [3.63, 3.8) is 0 Å². The average molecular weight is 402 g/mol. The summed E-state index contributed by atoms with van der Waals surface area (Å²) < 4.78 is 13.1. The summed E-state index contributed by atoms with van der Waals surface area (Å²) in [6.45, 7) is 6.75. The molecule has 4 nitrogen and oxygen atoms in total. The Labute approximate surface area is 170 Å². The molecule has 2 aromatic rings. The maximum Gasteiger partial charge on any atom is 0.189 e. The van der Waals surface area contributed by atoms with Crippen molar-refractivity contribution in [2.45, 2.75) is 32.5 Å². The van der Waals surface area contributed by atoms with E-state index in [1.807, 2.05) is 18.3 Å². The summed E-state index contributed by atoms with van der Waals surface area (Å²) in [5.41, 5.74) is 7.83. The second-order valence-corrected chi connectivity index (χ2v) is 7.80. The van der Waals surface area contributed by atoms with Gasteiger partial charge in [-0.25, -0.2) is 4.39 Å². The molecule has 0 saturated carbocycles. The van der Waals surface area contributed by atoms with E-state index >= 15 is 0 Å². The summed E-state index contributed by atoms with van der Waals surface area (Å²) in [5.74, 6) is -0.353. The molecule has 1 aliphatic heterocycles. The van der Waals surface area contributed by atoms with Crippen molar-refractivity contribution < 1.29 is 9.18 Å². The summed E-state index contributed by atoms with van der Waals surface area (Å²) >= 11 is 5.89. The fourth-order valence-corrected chi connectivity index (χ4v) is 3.67. The van der Waals surface area contributed by atoms with Gasteiger partial charge in [0.25, 0.3) is 0 Å². The quantitative estimate of drug-likeness (QED) is 0.459. The number of hydrogen-bond acceptors (Lipinski definition) is 4. The Kier molecular flexibility index (Phi) is 6.37. The number of carbonyl (C=O) groups excluding carboxylic acids is 1. The van der Waals surface area contributed by atoms with Crippen LogP contribution >= 0.6 is 11.6 Å². The highest BCUT2D eigenvalue weighted by molar-refractivity contribution is 6.31. The van der Waals surface area contributed by atoms with Gasteiger partial charge in [0.1, 0.15) is 5.82 Å². The number of anilines is 1. The van der Waals surface area contributed by atoms with Gasteiger partial charge in [0.05, 0.1) is 0 Å². The molecule has 6 heteroatoms. The third-order valence-electron chi connectivity index (χ3n) is 5.16. The van der Waals surface area contributed by atoms with Crippen molar-refractivity contribution >= 4 is 23.1 Å². The van der Waals surface area contributed by atoms with Crippen molar-refractivity contribution in [3.05, 3.63) is 76.7 Å². The van der Waals surface area contributed by atoms with Crippen LogP contribution < -0.4 is 5.73 Å². The zero-order valence-corrected chi connectivity index (χ0v) is 16.9. The molecule has 0 aliphatic carbocycles. The van der Waals surface area contributed by atoms with Crippen LogP contribution in [0, 0.1) is 5.82 Å². The van der Waals surface area contributed by atoms with E-state index < -0.39 is 0 Å². The number of nitrogen functional groups attached to an aromatic ring is 1. The summed E-state index contributed by atoms with van der Waals surface area (Å²) in [7, 11) is 0. The Morgan fingerprint density at radius 1 is 1.18 bits per heavy atom. The SMILES string of the molecule is C[C@@H]1CN(Cc2ccc(F)cc2)[C@@H](C)CN1/C=C/C(=O)c1ccc(Cl)cc1N. The fraction of sp³-hybridized carbons (Fsp3) is 0.318. The van der Waals surface area contributed by atoms with Crippen LogP contribution in [0.1, 0.15) is 29.8 Å². The van der Waals surface area contributed by atoms with Gasteiger partial charge in [0, 0.05) is 60.3 Å². The molecule has 2 N–H and O–H groups in total. The van der Waals surface area contributed by atoms with Gasteiger partial charge >= 0.3 is 0 Å². The van der Waals surface area contributed by atoms with Crippen LogP contribution in [-0.4, -0.2) is 40.8 Å². The predicted molar refractivity (Wildman–Crippen MR) is 112 cm³/mol. The van der Waals surface area contributed by atoms with E-state index in [9.17, 15) is 9.18 Å². The molecule has 3 rings (SSSR count). The van der Waals surface area contributed by atoms with E-state index in [2.05, 4.69) is 23.6 Å². The maximum absolute atomic E-state index is 13.1. The molecular weight excluding hydrogens is 377 g/mol. The summed E-state index contributed by atoms with van der Waals surface area (Å²) in [6.07, 6.45) is 3.42. The molecule has 0 bridgehead atoms. The molecule has 0 amide bonds. The van der Waals surface area contributed by atoms with Gasteiger partial charge in [-0.15, -0.1) is 0 Å². The van der Waals surface area contributed by atoms with E-state index in [4.69, 9.17) is 17.3 Å². The van der Waals surface area contributed by atoms with Crippen molar-refractivity contribution in [2.75, 3.05) is 18.8 Å². The number of rotatable bonds is 5. The fourth-order valence-electron chi connectivity index (χ4n) is 3.49. The normalized spacial score (nSPS) is 20.6. The number of ketones is 1. The van der Waals surface area contributed by atoms with Crippen LogP contribution in [-0.2, 0) is 6.54 Å². The molecule has 0 aromatic heterocycles. The van der Waals surface area contributed by atoms with Crippen LogP contribution in [0.3, 0.4) is 0 Å². The van der Waals surface area contributed by atoms with Crippen LogP contribution in [0.5, 0.6) is 0 Å². The van der Waals surface area contributed by atoms with Gasteiger partial charge in [-0.3, -0.25) is 9.69 Å². The first kappa shape index (κ1) is 20.4. The van der Waals surface area contributed by atoms with Crippen molar-refractivity contribution in [3.8, 4) is 0 Å². The average Bonchev–Trinajstić information content (AvgIpc) is 2.65. The molecular formula is C22H25ClFN3O. The Bertz CT molecular complexity index is 869. The minimum Gasteiger partial charge on any atom is -0.398 e. The number of piperazine rings is 1. The van der Waals surface area contributed by atoms with Gasteiger partial charge in [0.15, 0.2) is 5.78 Å². The van der Waals surface area contributed by atoms with E-state index in [-0.39, 0.29) is 17.6 Å². The first-order chi connectivity index (χ1) is 13.3. The van der Waals surface area contributed by atoms with Gasteiger partial charge in [0.2, 0.25) is 0 Å². The Balaban J connectivity index is 1.62. The number of nitrogens with zero attached hydrogens (tertiary/aromatic N) is 2. The van der Waals surface area contributed by atoms with Crippen molar-refractivity contribution in [1.82, 2.24) is 9.80 Å². The van der Waals surface area contributed by atoms with Gasteiger partial charge in [-0.1, -0.05) is 23.7 Å². The lowest BCUT2D eigenvalue weighted by molar-refractivity contribution is 0.0668. The minimum atomic E-state index is -0.217. The van der Waals surface area contributed by atoms with Crippen LogP contribution in [0.25, 0.3) is 0 Å². The molecule has 1 aliphatic rings. The van der Waals surface area contributed by atoms with Crippen molar-refractivity contribution in [1.29, 1.82) is 0 Å². The second kappa shape index (κ2) is 8.76. The lowest BCUT2D eigenvalue weighted by atomic mass is 10.1. The van der Waals surface area contributed by atoms with Crippen LogP contribution in [0.4, 0.5) is 10.1 Å². The maximum atomic E-state index is 13.1. The predicted octanol–water partition coefficient (Wildman–Crippen LogP) is 4.35. The van der Waals surface area contributed by atoms with Crippen LogP contribution in [0.2, 0.25) is 5.02 Å². The highest BCUT2D eigenvalue weighted by Gasteiger charge is 2.27. The van der Waals surface area contributed by atoms with E-state index in [1.165, 1.54) is 12.1 Å². The number of carbonyl (C=O) groups is 1. The van der Waals surface area contributed by atoms with Crippen molar-refractivity contribution in [2.24, 2.45) is 0 Å². The molecule has 2 aromatic carbocycles. The lowest BCUT2D eigenvalue weighted by Crippen LogP contribution is -2.54. The summed E-state index contributed by atoms with van der Waals surface area (Å²) in [4.78, 5) is 17.0. The highest BCUT2D eigenvalue weighted by Crippen LogP contribution is 2.21. The van der Waals surface area contributed by atoms with E-state index in [1.54, 1.807) is 24.3 Å². The number of nitrogens with two attached hydrogens (primary N) is 1. The third-order valence-corrected chi connectivity index (χ3v) is 5.39. The van der Waals surface area contributed by atoms with Gasteiger partial charge in [-0.2, -0.15) is 0 Å². The van der Waals surface area contributed by atoms with E-state index in [0.717, 1.165) is 25.2 Å². The summed E-state index contributed by atoms with van der Waals surface area (Å²) in [5, 5.41) is 0.512. The number of allylic oxidation sites excluding steroid dienone is 1. The number of halogens is 2. The lowest BCUT2D eigenvalue weighted by Gasteiger charge is -2.44. The largest absolute Gasteiger partial charge is 0.398 e. The molecule has 1 heterocycles. The topological polar surface area (TPSA) is 49.6 Å². The standard InChI is InChI=1S/C22H25ClFN3O/c1-15-13-27(14-17-3-6-19(24)7-4-17)16(2)12-26(15)10-9-22(28)20-8-5-18(23)11-21(20)25/h3-11,15-16H,12-14,25H2,1-2H3/b10-9+/t15-,16+/m1/s1. The summed E-state index contributed by atoms with van der Waals surface area (Å²) in [6, 6.07) is 12.1. The Hall–Kier alpha value is -2.37. The molecule has 1 saturated heterocycles. The molecule has 0 unspecified atom stereocenters. The molecule has 2 atom stereocenters.